The van der Waals surface area contributed by atoms with Crippen molar-refractivity contribution in [3.63, 3.8) is 0 Å². The van der Waals surface area contributed by atoms with Crippen molar-refractivity contribution < 1.29 is 4.42 Å². The lowest BCUT2D eigenvalue weighted by Gasteiger charge is -2.01. The van der Waals surface area contributed by atoms with Crippen LogP contribution in [-0.4, -0.2) is 26.3 Å². The van der Waals surface area contributed by atoms with Gasteiger partial charge in [-0.2, -0.15) is 0 Å². The smallest absolute Gasteiger partial charge is 0.276 e. The fraction of sp³-hybridized carbons (Fsp3) is 0.556. The van der Waals surface area contributed by atoms with E-state index in [1.807, 2.05) is 0 Å². The molecular weight excluding hydrogens is 258 g/mol. The van der Waals surface area contributed by atoms with E-state index < -0.39 is 0 Å². The molecule has 17 heavy (non-hydrogen) atoms. The number of nitrogens with one attached hydrogen (secondary N) is 1. The molecule has 2 aromatic heterocycles. The third-order valence-corrected chi connectivity index (χ3v) is 3.49. The van der Waals surface area contributed by atoms with Gasteiger partial charge in [0.15, 0.2) is 0 Å². The highest BCUT2D eigenvalue weighted by Gasteiger charge is 2.10. The van der Waals surface area contributed by atoms with E-state index in [4.69, 9.17) is 4.42 Å². The summed E-state index contributed by atoms with van der Waals surface area (Å²) in [5.41, 5.74) is 0.935. The second-order valence-electron chi connectivity index (χ2n) is 3.35. The summed E-state index contributed by atoms with van der Waals surface area (Å²) in [6.45, 7) is 4.83. The van der Waals surface area contributed by atoms with Crippen molar-refractivity contribution in [3.8, 4) is 0 Å². The molecular formula is C9H13N5OS2. The van der Waals surface area contributed by atoms with Gasteiger partial charge in [0.1, 0.15) is 10.7 Å². The molecule has 0 radical (unpaired) electrons. The summed E-state index contributed by atoms with van der Waals surface area (Å²) < 4.78 is 9.22. The van der Waals surface area contributed by atoms with Crippen molar-refractivity contribution in [2.75, 3.05) is 11.9 Å². The van der Waals surface area contributed by atoms with Gasteiger partial charge in [0.25, 0.3) is 5.22 Å². The molecule has 92 valence electrons. The zero-order valence-electron chi connectivity index (χ0n) is 9.63. The average Bonchev–Trinajstić information content (AvgIpc) is 2.92. The first kappa shape index (κ1) is 12.3. The van der Waals surface area contributed by atoms with E-state index >= 15 is 0 Å². The number of nitrogens with zero attached hydrogens (tertiary/aromatic N) is 4. The lowest BCUT2D eigenvalue weighted by molar-refractivity contribution is 0.429. The van der Waals surface area contributed by atoms with Crippen LogP contribution in [0.1, 0.15) is 24.9 Å². The predicted molar refractivity (Wildman–Crippen MR) is 67.3 cm³/mol. The van der Waals surface area contributed by atoms with Gasteiger partial charge >= 0.3 is 0 Å². The molecule has 0 aliphatic carbocycles. The Morgan fingerprint density at radius 2 is 2.24 bits per heavy atom. The quantitative estimate of drug-likeness (QED) is 0.808. The Balaban J connectivity index is 1.92. The first-order valence-electron chi connectivity index (χ1n) is 5.27. The number of anilines is 1. The van der Waals surface area contributed by atoms with Gasteiger partial charge in [0.05, 0.1) is 5.75 Å². The Hall–Kier alpha value is -1.15. The van der Waals surface area contributed by atoms with Crippen LogP contribution in [0.4, 0.5) is 5.00 Å². The van der Waals surface area contributed by atoms with Crippen molar-refractivity contribution in [1.82, 2.24) is 19.8 Å². The van der Waals surface area contributed by atoms with Crippen LogP contribution in [0.25, 0.3) is 0 Å². The van der Waals surface area contributed by atoms with Crippen LogP contribution >= 0.6 is 23.3 Å². The van der Waals surface area contributed by atoms with Crippen molar-refractivity contribution >= 4 is 28.3 Å². The number of thioether (sulfide) groups is 1. The summed E-state index contributed by atoms with van der Waals surface area (Å²) in [4.78, 5) is 0. The highest BCUT2D eigenvalue weighted by Crippen LogP contribution is 2.26. The number of hydrogen-bond acceptors (Lipinski definition) is 8. The molecule has 0 aromatic carbocycles. The Kier molecular flexibility index (Phi) is 4.32. The molecule has 2 heterocycles. The molecule has 0 atom stereocenters. The van der Waals surface area contributed by atoms with Gasteiger partial charge in [-0.05, 0) is 6.42 Å². The fourth-order valence-corrected chi connectivity index (χ4v) is 2.58. The second-order valence-corrected chi connectivity index (χ2v) is 5.03. The summed E-state index contributed by atoms with van der Waals surface area (Å²) in [5.74, 6) is 1.26. The van der Waals surface area contributed by atoms with Crippen LogP contribution in [0.3, 0.4) is 0 Å². The molecule has 0 saturated carbocycles. The van der Waals surface area contributed by atoms with Gasteiger partial charge in [-0.25, -0.2) is 0 Å². The Bertz CT molecular complexity index is 469. The van der Waals surface area contributed by atoms with Gasteiger partial charge in [0, 0.05) is 25.0 Å². The van der Waals surface area contributed by atoms with Crippen molar-refractivity contribution in [2.45, 2.75) is 31.2 Å². The topological polar surface area (TPSA) is 76.7 Å². The van der Waals surface area contributed by atoms with E-state index in [-0.39, 0.29) is 0 Å². The van der Waals surface area contributed by atoms with Crippen molar-refractivity contribution in [3.05, 3.63) is 11.6 Å². The van der Waals surface area contributed by atoms with Crippen LogP contribution < -0.4 is 5.32 Å². The van der Waals surface area contributed by atoms with Crippen LogP contribution in [-0.2, 0) is 5.75 Å². The minimum Gasteiger partial charge on any atom is -0.416 e. The summed E-state index contributed by atoms with van der Waals surface area (Å²) in [6, 6.07) is 0. The normalized spacial score (nSPS) is 10.7. The summed E-state index contributed by atoms with van der Waals surface area (Å²) in [5, 5.41) is 16.7. The molecule has 0 aliphatic rings. The average molecular weight is 271 g/mol. The first-order valence-corrected chi connectivity index (χ1v) is 7.03. The number of rotatable bonds is 6. The molecule has 1 N–H and O–H groups in total. The van der Waals surface area contributed by atoms with Crippen molar-refractivity contribution in [1.29, 1.82) is 0 Å². The maximum Gasteiger partial charge on any atom is 0.276 e. The number of aromatic nitrogens is 4. The lowest BCUT2D eigenvalue weighted by Crippen LogP contribution is -2.00. The largest absolute Gasteiger partial charge is 0.416 e. The van der Waals surface area contributed by atoms with E-state index in [1.165, 1.54) is 23.3 Å². The molecule has 2 aromatic rings. The molecule has 0 amide bonds. The fourth-order valence-electron chi connectivity index (χ4n) is 1.14. The predicted octanol–water partition coefficient (Wildman–Crippen LogP) is 2.34. The van der Waals surface area contributed by atoms with Crippen LogP contribution in [0, 0.1) is 6.92 Å². The molecule has 2 rings (SSSR count). The van der Waals surface area contributed by atoms with Crippen molar-refractivity contribution in [2.24, 2.45) is 0 Å². The van der Waals surface area contributed by atoms with Gasteiger partial charge < -0.3 is 9.73 Å². The first-order chi connectivity index (χ1) is 8.29. The molecule has 0 unspecified atom stereocenters. The molecule has 0 fully saturated rings. The second kappa shape index (κ2) is 5.97. The number of hydrogen-bond donors (Lipinski definition) is 1. The van der Waals surface area contributed by atoms with E-state index in [9.17, 15) is 0 Å². The Morgan fingerprint density at radius 3 is 2.94 bits per heavy atom. The highest BCUT2D eigenvalue weighted by molar-refractivity contribution is 7.98. The lowest BCUT2D eigenvalue weighted by atomic mass is 10.4. The van der Waals surface area contributed by atoms with E-state index in [1.54, 1.807) is 6.92 Å². The highest BCUT2D eigenvalue weighted by atomic mass is 32.2. The van der Waals surface area contributed by atoms with E-state index in [0.717, 1.165) is 23.7 Å². The molecule has 0 spiro atoms. The minimum atomic E-state index is 0.567. The zero-order chi connectivity index (χ0) is 12.1. The van der Waals surface area contributed by atoms with Gasteiger partial charge in [-0.3, -0.25) is 0 Å². The minimum absolute atomic E-state index is 0.567. The van der Waals surface area contributed by atoms with Gasteiger partial charge in [-0.1, -0.05) is 23.2 Å². The standard InChI is InChI=1S/C9H13N5OS2/c1-3-4-10-8-7(12-14-17-8)5-16-9-13-11-6(2)15-9/h10H,3-5H2,1-2H3. The summed E-state index contributed by atoms with van der Waals surface area (Å²) >= 11 is 2.85. The third-order valence-electron chi connectivity index (χ3n) is 1.93. The molecule has 8 heteroatoms. The van der Waals surface area contributed by atoms with Gasteiger partial charge in [-0.15, -0.1) is 15.3 Å². The maximum absolute atomic E-state index is 5.28. The zero-order valence-corrected chi connectivity index (χ0v) is 11.3. The number of aryl methyl sites for hydroxylation is 1. The Labute approximate surface area is 107 Å². The molecule has 6 nitrogen and oxygen atoms in total. The molecule has 0 saturated heterocycles. The third kappa shape index (κ3) is 3.40. The monoisotopic (exact) mass is 271 g/mol. The molecule has 0 aliphatic heterocycles. The summed E-state index contributed by atoms with van der Waals surface area (Å²) in [7, 11) is 0. The SMILES string of the molecule is CCCNc1snnc1CSc1nnc(C)o1. The van der Waals surface area contributed by atoms with Crippen LogP contribution in [0.15, 0.2) is 9.64 Å². The molecule has 0 bridgehead atoms. The van der Waals surface area contributed by atoms with E-state index in [2.05, 4.69) is 32.0 Å². The van der Waals surface area contributed by atoms with E-state index in [0.29, 0.717) is 16.9 Å². The Morgan fingerprint density at radius 1 is 1.35 bits per heavy atom. The summed E-state index contributed by atoms with van der Waals surface area (Å²) in [6.07, 6.45) is 1.08. The van der Waals surface area contributed by atoms with Crippen LogP contribution in [0.2, 0.25) is 0 Å². The van der Waals surface area contributed by atoms with Crippen LogP contribution in [0.5, 0.6) is 0 Å². The maximum atomic E-state index is 5.28. The van der Waals surface area contributed by atoms with Gasteiger partial charge in [0.2, 0.25) is 5.89 Å².